The highest BCUT2D eigenvalue weighted by Crippen LogP contribution is 2.22. The zero-order valence-corrected chi connectivity index (χ0v) is 14.3. The molecular formula is C12H17ClN4O2S2. The van der Waals surface area contributed by atoms with Crippen LogP contribution >= 0.6 is 22.9 Å². The number of sulfonamides is 1. The summed E-state index contributed by atoms with van der Waals surface area (Å²) in [5.74, 6) is 0. The molecule has 0 aliphatic rings. The first kappa shape index (κ1) is 16.4. The quantitative estimate of drug-likeness (QED) is 0.863. The molecule has 0 aromatic carbocycles. The van der Waals surface area contributed by atoms with Crippen molar-refractivity contribution in [1.82, 2.24) is 19.2 Å². The highest BCUT2D eigenvalue weighted by Gasteiger charge is 2.24. The number of nitrogens with zero attached hydrogens (tertiary/aromatic N) is 3. The van der Waals surface area contributed by atoms with Crippen molar-refractivity contribution in [2.24, 2.45) is 7.05 Å². The van der Waals surface area contributed by atoms with E-state index in [1.165, 1.54) is 10.9 Å². The fraction of sp³-hybridized carbons (Fsp3) is 0.417. The number of rotatable bonds is 6. The average Bonchev–Trinajstić information content (AvgIpc) is 3.01. The zero-order valence-electron chi connectivity index (χ0n) is 11.9. The summed E-state index contributed by atoms with van der Waals surface area (Å²) in [7, 11) is 1.73. The molecule has 2 rings (SSSR count). The predicted molar refractivity (Wildman–Crippen MR) is 84.2 cm³/mol. The van der Waals surface area contributed by atoms with E-state index in [0.717, 1.165) is 5.56 Å². The minimum absolute atomic E-state index is 0.0477. The van der Waals surface area contributed by atoms with Gasteiger partial charge in [-0.05, 0) is 36.5 Å². The number of aromatic nitrogens is 2. The Kier molecular flexibility index (Phi) is 5.05. The molecule has 0 bridgehead atoms. The van der Waals surface area contributed by atoms with Crippen LogP contribution in [0.5, 0.6) is 0 Å². The molecule has 2 aromatic heterocycles. The van der Waals surface area contributed by atoms with Gasteiger partial charge in [0.15, 0.2) is 0 Å². The largest absolute Gasteiger partial charge is 0.324 e. The van der Waals surface area contributed by atoms with Crippen LogP contribution in [0.15, 0.2) is 28.2 Å². The molecule has 2 heterocycles. The highest BCUT2D eigenvalue weighted by molar-refractivity contribution is 7.89. The standard InChI is InChI=1S/C12H17ClN4O2S2/c1-16(2)10(9-4-5-20-7-9)6-15-21(18,19)12-11(13)17(3)8-14-12/h4-5,7-8,10,15H,6H2,1-3H3/t10-/m0/s1. The first-order chi connectivity index (χ1) is 9.83. The molecule has 0 unspecified atom stereocenters. The summed E-state index contributed by atoms with van der Waals surface area (Å²) in [4.78, 5) is 5.80. The van der Waals surface area contributed by atoms with Crippen molar-refractivity contribution in [2.45, 2.75) is 11.1 Å². The molecule has 116 valence electrons. The molecule has 0 saturated carbocycles. The molecule has 1 atom stereocenters. The second-order valence-electron chi connectivity index (χ2n) is 4.84. The SMILES string of the molecule is CN(C)[C@@H](CNS(=O)(=O)c1ncn(C)c1Cl)c1ccsc1. The van der Waals surface area contributed by atoms with Gasteiger partial charge >= 0.3 is 0 Å². The topological polar surface area (TPSA) is 67.2 Å². The van der Waals surface area contributed by atoms with Crippen molar-refractivity contribution in [3.05, 3.63) is 33.9 Å². The second-order valence-corrected chi connectivity index (χ2v) is 7.66. The van der Waals surface area contributed by atoms with Crippen molar-refractivity contribution in [3.8, 4) is 0 Å². The van der Waals surface area contributed by atoms with Crippen LogP contribution in [-0.2, 0) is 17.1 Å². The number of nitrogens with one attached hydrogen (secondary N) is 1. The van der Waals surface area contributed by atoms with Crippen molar-refractivity contribution in [1.29, 1.82) is 0 Å². The van der Waals surface area contributed by atoms with Gasteiger partial charge in [-0.1, -0.05) is 11.6 Å². The highest BCUT2D eigenvalue weighted by atomic mass is 35.5. The van der Waals surface area contributed by atoms with E-state index in [2.05, 4.69) is 9.71 Å². The Morgan fingerprint density at radius 1 is 1.52 bits per heavy atom. The molecule has 6 nitrogen and oxygen atoms in total. The Morgan fingerprint density at radius 2 is 2.24 bits per heavy atom. The monoisotopic (exact) mass is 348 g/mol. The number of likely N-dealkylation sites (N-methyl/N-ethyl adjacent to an activating group) is 1. The maximum Gasteiger partial charge on any atom is 0.261 e. The molecule has 0 radical (unpaired) electrons. The molecule has 0 amide bonds. The van der Waals surface area contributed by atoms with Crippen LogP contribution in [0.2, 0.25) is 5.15 Å². The third-order valence-electron chi connectivity index (χ3n) is 3.11. The Balaban J connectivity index is 2.15. The van der Waals surface area contributed by atoms with Crippen LogP contribution in [0, 0.1) is 0 Å². The predicted octanol–water partition coefficient (Wildman–Crippen LogP) is 1.72. The molecular weight excluding hydrogens is 332 g/mol. The van der Waals surface area contributed by atoms with E-state index in [0.29, 0.717) is 0 Å². The van der Waals surface area contributed by atoms with Gasteiger partial charge < -0.3 is 9.47 Å². The van der Waals surface area contributed by atoms with Gasteiger partial charge in [-0.3, -0.25) is 0 Å². The summed E-state index contributed by atoms with van der Waals surface area (Å²) in [6.07, 6.45) is 1.37. The maximum atomic E-state index is 12.3. The van der Waals surface area contributed by atoms with Gasteiger partial charge in [-0.15, -0.1) is 0 Å². The van der Waals surface area contributed by atoms with Crippen molar-refractivity contribution in [2.75, 3.05) is 20.6 Å². The number of thiophene rings is 1. The van der Waals surface area contributed by atoms with Gasteiger partial charge in [0.2, 0.25) is 5.03 Å². The van der Waals surface area contributed by atoms with E-state index < -0.39 is 10.0 Å². The van der Waals surface area contributed by atoms with E-state index in [9.17, 15) is 8.42 Å². The summed E-state index contributed by atoms with van der Waals surface area (Å²) in [6.45, 7) is 0.249. The molecule has 0 aliphatic heterocycles. The van der Waals surface area contributed by atoms with Crippen LogP contribution in [0.25, 0.3) is 0 Å². The van der Waals surface area contributed by atoms with Gasteiger partial charge in [0.1, 0.15) is 5.15 Å². The summed E-state index contributed by atoms with van der Waals surface area (Å²) in [6, 6.07) is 1.94. The minimum Gasteiger partial charge on any atom is -0.324 e. The molecule has 0 aliphatic carbocycles. The average molecular weight is 349 g/mol. The third kappa shape index (κ3) is 3.64. The zero-order chi connectivity index (χ0) is 15.6. The summed E-state index contributed by atoms with van der Waals surface area (Å²) in [5.41, 5.74) is 1.07. The minimum atomic E-state index is -3.73. The molecule has 9 heteroatoms. The van der Waals surface area contributed by atoms with Gasteiger partial charge in [0, 0.05) is 19.6 Å². The van der Waals surface area contributed by atoms with E-state index in [1.807, 2.05) is 35.8 Å². The van der Waals surface area contributed by atoms with E-state index in [-0.39, 0.29) is 22.8 Å². The number of hydrogen-bond donors (Lipinski definition) is 1. The van der Waals surface area contributed by atoms with Crippen LogP contribution in [0.3, 0.4) is 0 Å². The van der Waals surface area contributed by atoms with E-state index in [1.54, 1.807) is 18.4 Å². The summed E-state index contributed by atoms with van der Waals surface area (Å²) < 4.78 is 28.6. The molecule has 0 spiro atoms. The lowest BCUT2D eigenvalue weighted by molar-refractivity contribution is 0.300. The molecule has 0 saturated heterocycles. The van der Waals surface area contributed by atoms with Crippen LogP contribution in [-0.4, -0.2) is 43.5 Å². The molecule has 1 N–H and O–H groups in total. The second kappa shape index (κ2) is 6.45. The molecule has 2 aromatic rings. The molecule has 21 heavy (non-hydrogen) atoms. The fourth-order valence-electron chi connectivity index (χ4n) is 1.89. The number of imidazole rings is 1. The smallest absolute Gasteiger partial charge is 0.261 e. The summed E-state index contributed by atoms with van der Waals surface area (Å²) in [5, 5.41) is 3.93. The third-order valence-corrected chi connectivity index (χ3v) is 5.72. The number of halogens is 1. The first-order valence-electron chi connectivity index (χ1n) is 6.18. The van der Waals surface area contributed by atoms with Crippen LogP contribution < -0.4 is 4.72 Å². The van der Waals surface area contributed by atoms with Gasteiger partial charge in [-0.2, -0.15) is 11.3 Å². The van der Waals surface area contributed by atoms with Gasteiger partial charge in [0.05, 0.1) is 6.33 Å². The van der Waals surface area contributed by atoms with Gasteiger partial charge in [-0.25, -0.2) is 18.1 Å². The number of hydrogen-bond acceptors (Lipinski definition) is 5. The lowest BCUT2D eigenvalue weighted by Crippen LogP contribution is -2.34. The Labute approximate surface area is 133 Å². The fourth-order valence-corrected chi connectivity index (χ4v) is 4.06. The number of aryl methyl sites for hydroxylation is 1. The van der Waals surface area contributed by atoms with Crippen molar-refractivity contribution in [3.63, 3.8) is 0 Å². The normalized spacial score (nSPS) is 13.8. The van der Waals surface area contributed by atoms with Crippen LogP contribution in [0.4, 0.5) is 0 Å². The van der Waals surface area contributed by atoms with E-state index in [4.69, 9.17) is 11.6 Å². The first-order valence-corrected chi connectivity index (χ1v) is 8.98. The Morgan fingerprint density at radius 3 is 2.71 bits per heavy atom. The van der Waals surface area contributed by atoms with E-state index >= 15 is 0 Å². The lowest BCUT2D eigenvalue weighted by atomic mass is 10.1. The summed E-state index contributed by atoms with van der Waals surface area (Å²) >= 11 is 7.52. The van der Waals surface area contributed by atoms with Crippen molar-refractivity contribution >= 4 is 33.0 Å². The Hall–Kier alpha value is -0.930. The van der Waals surface area contributed by atoms with Gasteiger partial charge in [0.25, 0.3) is 10.0 Å². The Bertz CT molecular complexity index is 695. The lowest BCUT2D eigenvalue weighted by Gasteiger charge is -2.23. The van der Waals surface area contributed by atoms with Crippen LogP contribution in [0.1, 0.15) is 11.6 Å². The van der Waals surface area contributed by atoms with Crippen molar-refractivity contribution < 1.29 is 8.42 Å². The molecule has 0 fully saturated rings. The maximum absolute atomic E-state index is 12.3.